The molecule has 0 spiro atoms. The quantitative estimate of drug-likeness (QED) is 0.829. The minimum absolute atomic E-state index is 0.131. The zero-order valence-corrected chi connectivity index (χ0v) is 11.6. The summed E-state index contributed by atoms with van der Waals surface area (Å²) in [5.41, 5.74) is 5.84. The molecule has 1 unspecified atom stereocenters. The van der Waals surface area contributed by atoms with Gasteiger partial charge in [-0.25, -0.2) is 13.1 Å². The topological polar surface area (TPSA) is 72.2 Å². The highest BCUT2D eigenvalue weighted by Crippen LogP contribution is 2.22. The van der Waals surface area contributed by atoms with E-state index < -0.39 is 10.0 Å². The lowest BCUT2D eigenvalue weighted by Gasteiger charge is -2.17. The average Bonchev–Trinajstić information content (AvgIpc) is 2.21. The summed E-state index contributed by atoms with van der Waals surface area (Å²) in [6.07, 6.45) is 0. The van der Waals surface area contributed by atoms with E-state index in [-0.39, 0.29) is 22.5 Å². The van der Waals surface area contributed by atoms with E-state index in [9.17, 15) is 8.42 Å². The fourth-order valence-corrected chi connectivity index (χ4v) is 2.68. The lowest BCUT2D eigenvalue weighted by atomic mass is 10.1. The molecule has 1 aromatic carbocycles. The number of nitrogen functional groups attached to an aromatic ring is 1. The summed E-state index contributed by atoms with van der Waals surface area (Å²) in [7, 11) is -3.53. The van der Waals surface area contributed by atoms with Crippen LogP contribution in [0.15, 0.2) is 23.1 Å². The van der Waals surface area contributed by atoms with Crippen LogP contribution in [-0.4, -0.2) is 14.5 Å². The third-order valence-electron chi connectivity index (χ3n) is 2.62. The zero-order valence-electron chi connectivity index (χ0n) is 10.1. The van der Waals surface area contributed by atoms with E-state index in [2.05, 4.69) is 4.72 Å². The van der Waals surface area contributed by atoms with Crippen LogP contribution in [0.1, 0.15) is 20.8 Å². The Morgan fingerprint density at radius 1 is 1.29 bits per heavy atom. The highest BCUT2D eigenvalue weighted by molar-refractivity contribution is 7.89. The standard InChI is InChI=1S/C11H17ClN2O2S/c1-7(2)8(3)14-17(15,16)9-4-5-10(12)11(13)6-9/h4-8,14H,13H2,1-3H3. The second-order valence-electron chi connectivity index (χ2n) is 4.34. The molecule has 1 aromatic rings. The monoisotopic (exact) mass is 276 g/mol. The smallest absolute Gasteiger partial charge is 0.240 e. The van der Waals surface area contributed by atoms with Crippen LogP contribution in [0, 0.1) is 5.92 Å². The minimum atomic E-state index is -3.53. The van der Waals surface area contributed by atoms with Gasteiger partial charge in [0, 0.05) is 6.04 Å². The van der Waals surface area contributed by atoms with Gasteiger partial charge in [-0.2, -0.15) is 0 Å². The Labute approximate surface area is 107 Å². The van der Waals surface area contributed by atoms with Crippen molar-refractivity contribution in [2.24, 2.45) is 5.92 Å². The Kier molecular flexibility index (Phi) is 4.41. The van der Waals surface area contributed by atoms with Gasteiger partial charge in [-0.3, -0.25) is 0 Å². The maximum Gasteiger partial charge on any atom is 0.240 e. The van der Waals surface area contributed by atoms with E-state index >= 15 is 0 Å². The first-order valence-electron chi connectivity index (χ1n) is 5.31. The van der Waals surface area contributed by atoms with Crippen molar-refractivity contribution in [3.8, 4) is 0 Å². The van der Waals surface area contributed by atoms with Crippen molar-refractivity contribution in [2.75, 3.05) is 5.73 Å². The first-order valence-corrected chi connectivity index (χ1v) is 7.17. The molecule has 1 atom stereocenters. The first-order chi connectivity index (χ1) is 7.74. The van der Waals surface area contributed by atoms with Gasteiger partial charge in [0.2, 0.25) is 10.0 Å². The summed E-state index contributed by atoms with van der Waals surface area (Å²) in [6, 6.07) is 4.13. The number of halogens is 1. The van der Waals surface area contributed by atoms with Gasteiger partial charge in [-0.1, -0.05) is 25.4 Å². The van der Waals surface area contributed by atoms with Gasteiger partial charge < -0.3 is 5.73 Å². The molecular weight excluding hydrogens is 260 g/mol. The molecule has 0 aliphatic heterocycles. The number of hydrogen-bond acceptors (Lipinski definition) is 3. The van der Waals surface area contributed by atoms with E-state index in [1.165, 1.54) is 18.2 Å². The molecule has 1 rings (SSSR count). The van der Waals surface area contributed by atoms with Gasteiger partial charge in [0.1, 0.15) is 0 Å². The normalized spacial score (nSPS) is 13.9. The Hall–Kier alpha value is -0.780. The van der Waals surface area contributed by atoms with Crippen LogP contribution in [0.5, 0.6) is 0 Å². The van der Waals surface area contributed by atoms with E-state index in [4.69, 9.17) is 17.3 Å². The first kappa shape index (κ1) is 14.3. The molecular formula is C11H17ClN2O2S. The molecule has 0 saturated carbocycles. The fourth-order valence-electron chi connectivity index (χ4n) is 1.14. The Balaban J connectivity index is 3.01. The van der Waals surface area contributed by atoms with Gasteiger partial charge in [0.15, 0.2) is 0 Å². The van der Waals surface area contributed by atoms with Gasteiger partial charge in [0.05, 0.1) is 15.6 Å². The molecule has 0 bridgehead atoms. The zero-order chi connectivity index (χ0) is 13.2. The molecule has 17 heavy (non-hydrogen) atoms. The Bertz CT molecular complexity index is 500. The summed E-state index contributed by atoms with van der Waals surface area (Å²) >= 11 is 5.75. The van der Waals surface area contributed by atoms with Crippen LogP contribution in [0.25, 0.3) is 0 Å². The fraction of sp³-hybridized carbons (Fsp3) is 0.455. The summed E-state index contributed by atoms with van der Waals surface area (Å²) in [6.45, 7) is 5.72. The largest absolute Gasteiger partial charge is 0.397 e. The van der Waals surface area contributed by atoms with Gasteiger partial charge in [-0.05, 0) is 31.0 Å². The third kappa shape index (κ3) is 3.59. The number of anilines is 1. The number of sulfonamides is 1. The van der Waals surface area contributed by atoms with E-state index in [0.717, 1.165) is 0 Å². The van der Waals surface area contributed by atoms with Crippen molar-refractivity contribution in [1.82, 2.24) is 4.72 Å². The van der Waals surface area contributed by atoms with Crippen molar-refractivity contribution in [2.45, 2.75) is 31.7 Å². The molecule has 0 radical (unpaired) electrons. The molecule has 0 heterocycles. The van der Waals surface area contributed by atoms with E-state index in [1.54, 1.807) is 0 Å². The molecule has 0 fully saturated rings. The highest BCUT2D eigenvalue weighted by Gasteiger charge is 2.19. The molecule has 96 valence electrons. The van der Waals surface area contributed by atoms with Crippen LogP contribution < -0.4 is 10.5 Å². The van der Waals surface area contributed by atoms with Crippen LogP contribution >= 0.6 is 11.6 Å². The number of nitrogens with one attached hydrogen (secondary N) is 1. The van der Waals surface area contributed by atoms with E-state index in [0.29, 0.717) is 5.02 Å². The van der Waals surface area contributed by atoms with Crippen molar-refractivity contribution >= 4 is 27.3 Å². The van der Waals surface area contributed by atoms with Crippen LogP contribution in [0.4, 0.5) is 5.69 Å². The number of benzene rings is 1. The predicted octanol–water partition coefficient (Wildman–Crippen LogP) is 2.25. The summed E-state index contributed by atoms with van der Waals surface area (Å²) in [4.78, 5) is 0.131. The second-order valence-corrected chi connectivity index (χ2v) is 6.46. The molecule has 4 nitrogen and oxygen atoms in total. The lowest BCUT2D eigenvalue weighted by Crippen LogP contribution is -2.36. The molecule has 6 heteroatoms. The molecule has 0 amide bonds. The molecule has 3 N–H and O–H groups in total. The van der Waals surface area contributed by atoms with Crippen LogP contribution in [-0.2, 0) is 10.0 Å². The number of nitrogens with two attached hydrogens (primary N) is 1. The average molecular weight is 277 g/mol. The van der Waals surface area contributed by atoms with Crippen LogP contribution in [0.2, 0.25) is 5.02 Å². The van der Waals surface area contributed by atoms with Crippen molar-refractivity contribution in [1.29, 1.82) is 0 Å². The van der Waals surface area contributed by atoms with Gasteiger partial charge >= 0.3 is 0 Å². The van der Waals surface area contributed by atoms with Crippen LogP contribution in [0.3, 0.4) is 0 Å². The summed E-state index contributed by atoms with van der Waals surface area (Å²) in [5, 5.41) is 0.348. The molecule has 0 aromatic heterocycles. The predicted molar refractivity (Wildman–Crippen MR) is 70.5 cm³/mol. The number of rotatable bonds is 4. The SMILES string of the molecule is CC(C)C(C)NS(=O)(=O)c1ccc(Cl)c(N)c1. The van der Waals surface area contributed by atoms with E-state index in [1.807, 2.05) is 20.8 Å². The van der Waals surface area contributed by atoms with Crippen molar-refractivity contribution in [3.63, 3.8) is 0 Å². The number of hydrogen-bond donors (Lipinski definition) is 2. The molecule has 0 aliphatic rings. The maximum atomic E-state index is 12.0. The van der Waals surface area contributed by atoms with Crippen molar-refractivity contribution < 1.29 is 8.42 Å². The van der Waals surface area contributed by atoms with Gasteiger partial charge in [-0.15, -0.1) is 0 Å². The summed E-state index contributed by atoms with van der Waals surface area (Å²) < 4.78 is 26.6. The third-order valence-corrected chi connectivity index (χ3v) is 4.52. The summed E-state index contributed by atoms with van der Waals surface area (Å²) in [5.74, 6) is 0.217. The molecule has 0 saturated heterocycles. The van der Waals surface area contributed by atoms with Gasteiger partial charge in [0.25, 0.3) is 0 Å². The highest BCUT2D eigenvalue weighted by atomic mass is 35.5. The Morgan fingerprint density at radius 3 is 2.35 bits per heavy atom. The second kappa shape index (κ2) is 5.25. The van der Waals surface area contributed by atoms with Crippen molar-refractivity contribution in [3.05, 3.63) is 23.2 Å². The minimum Gasteiger partial charge on any atom is -0.397 e. The molecule has 0 aliphatic carbocycles. The maximum absolute atomic E-state index is 12.0. The Morgan fingerprint density at radius 2 is 1.88 bits per heavy atom. The lowest BCUT2D eigenvalue weighted by molar-refractivity contribution is 0.476.